The van der Waals surface area contributed by atoms with Gasteiger partial charge in [0.15, 0.2) is 0 Å². The van der Waals surface area contributed by atoms with Crippen molar-refractivity contribution in [2.75, 3.05) is 12.1 Å². The van der Waals surface area contributed by atoms with Gasteiger partial charge in [0.25, 0.3) is 0 Å². The third-order valence-electron chi connectivity index (χ3n) is 1.44. The standard InChI is InChI=1S/C9H13N3/c1-8(10)11-12(2)9-6-4-3-5-7-9/h3-7H,1-2H3,(H2,10,11). The molecule has 0 fully saturated rings. The predicted octanol–water partition coefficient (Wildman–Crippen LogP) is 1.41. The molecule has 12 heavy (non-hydrogen) atoms. The topological polar surface area (TPSA) is 41.6 Å². The van der Waals surface area contributed by atoms with E-state index in [9.17, 15) is 0 Å². The van der Waals surface area contributed by atoms with Crippen LogP contribution < -0.4 is 10.7 Å². The summed E-state index contributed by atoms with van der Waals surface area (Å²) in [7, 11) is 1.87. The third-order valence-corrected chi connectivity index (χ3v) is 1.44. The van der Waals surface area contributed by atoms with Crippen molar-refractivity contribution >= 4 is 11.5 Å². The zero-order chi connectivity index (χ0) is 8.97. The van der Waals surface area contributed by atoms with Crippen LogP contribution in [0.4, 0.5) is 5.69 Å². The van der Waals surface area contributed by atoms with Gasteiger partial charge in [-0.3, -0.25) is 5.01 Å². The number of benzene rings is 1. The van der Waals surface area contributed by atoms with Gasteiger partial charge in [-0.1, -0.05) is 18.2 Å². The Balaban J connectivity index is 2.79. The summed E-state index contributed by atoms with van der Waals surface area (Å²) in [6.07, 6.45) is 0. The van der Waals surface area contributed by atoms with Crippen molar-refractivity contribution < 1.29 is 0 Å². The largest absolute Gasteiger partial charge is 0.386 e. The molecular weight excluding hydrogens is 150 g/mol. The molecule has 0 radical (unpaired) electrons. The van der Waals surface area contributed by atoms with Gasteiger partial charge in [0, 0.05) is 7.05 Å². The molecule has 0 unspecified atom stereocenters. The predicted molar refractivity (Wildman–Crippen MR) is 52.1 cm³/mol. The highest BCUT2D eigenvalue weighted by atomic mass is 15.4. The molecule has 0 spiro atoms. The number of hydrogen-bond donors (Lipinski definition) is 1. The van der Waals surface area contributed by atoms with Crippen LogP contribution in [0.1, 0.15) is 6.92 Å². The Hall–Kier alpha value is -1.51. The lowest BCUT2D eigenvalue weighted by Crippen LogP contribution is -2.16. The molecule has 0 atom stereocenters. The van der Waals surface area contributed by atoms with Crippen LogP contribution in [0.25, 0.3) is 0 Å². The summed E-state index contributed by atoms with van der Waals surface area (Å²) in [6, 6.07) is 9.86. The molecule has 0 aromatic heterocycles. The van der Waals surface area contributed by atoms with Crippen LogP contribution >= 0.6 is 0 Å². The zero-order valence-corrected chi connectivity index (χ0v) is 7.36. The second-order valence-corrected chi connectivity index (χ2v) is 2.60. The molecule has 1 rings (SSSR count). The molecule has 0 heterocycles. The summed E-state index contributed by atoms with van der Waals surface area (Å²) in [4.78, 5) is 0. The minimum absolute atomic E-state index is 0.557. The van der Waals surface area contributed by atoms with Gasteiger partial charge in [0.05, 0.1) is 5.69 Å². The van der Waals surface area contributed by atoms with Crippen molar-refractivity contribution in [3.63, 3.8) is 0 Å². The Kier molecular flexibility index (Phi) is 2.69. The van der Waals surface area contributed by atoms with Crippen LogP contribution in [0.15, 0.2) is 35.4 Å². The Morgan fingerprint density at radius 1 is 1.33 bits per heavy atom. The fourth-order valence-electron chi connectivity index (χ4n) is 0.938. The van der Waals surface area contributed by atoms with Crippen molar-refractivity contribution in [2.45, 2.75) is 6.92 Å². The molecular formula is C9H13N3. The summed E-state index contributed by atoms with van der Waals surface area (Å²) in [6.45, 7) is 1.76. The lowest BCUT2D eigenvalue weighted by Gasteiger charge is -2.12. The Morgan fingerprint density at radius 3 is 2.42 bits per heavy atom. The molecule has 64 valence electrons. The molecule has 3 heteroatoms. The van der Waals surface area contributed by atoms with Gasteiger partial charge in [-0.2, -0.15) is 5.10 Å². The Labute approximate surface area is 72.5 Å². The maximum atomic E-state index is 5.44. The van der Waals surface area contributed by atoms with Gasteiger partial charge in [-0.15, -0.1) is 0 Å². The lowest BCUT2D eigenvalue weighted by molar-refractivity contribution is 1.01. The maximum absolute atomic E-state index is 5.44. The summed E-state index contributed by atoms with van der Waals surface area (Å²) in [5.74, 6) is 0.557. The maximum Gasteiger partial charge on any atom is 0.117 e. The van der Waals surface area contributed by atoms with Crippen molar-refractivity contribution in [1.82, 2.24) is 0 Å². The number of nitrogens with zero attached hydrogens (tertiary/aromatic N) is 2. The summed E-state index contributed by atoms with van der Waals surface area (Å²) in [5, 5.41) is 5.82. The summed E-state index contributed by atoms with van der Waals surface area (Å²) in [5.41, 5.74) is 6.47. The second-order valence-electron chi connectivity index (χ2n) is 2.60. The minimum Gasteiger partial charge on any atom is -0.386 e. The molecule has 1 aromatic rings. The Bertz CT molecular complexity index is 262. The van der Waals surface area contributed by atoms with Crippen LogP contribution in [0.3, 0.4) is 0 Å². The molecule has 0 aliphatic rings. The fourth-order valence-corrected chi connectivity index (χ4v) is 0.938. The summed E-state index contributed by atoms with van der Waals surface area (Å²) < 4.78 is 0. The van der Waals surface area contributed by atoms with Gasteiger partial charge in [0.1, 0.15) is 5.84 Å². The minimum atomic E-state index is 0.557. The van der Waals surface area contributed by atoms with Gasteiger partial charge < -0.3 is 5.73 Å². The van der Waals surface area contributed by atoms with E-state index in [0.717, 1.165) is 5.69 Å². The molecule has 0 saturated heterocycles. The van der Waals surface area contributed by atoms with Crippen molar-refractivity contribution in [1.29, 1.82) is 0 Å². The van der Waals surface area contributed by atoms with Gasteiger partial charge >= 0.3 is 0 Å². The quantitative estimate of drug-likeness (QED) is 0.407. The number of nitrogens with two attached hydrogens (primary N) is 1. The van der Waals surface area contributed by atoms with Crippen LogP contribution in [-0.2, 0) is 0 Å². The number of amidine groups is 1. The third kappa shape index (κ3) is 2.27. The molecule has 0 amide bonds. The normalized spacial score (nSPS) is 11.3. The van der Waals surface area contributed by atoms with E-state index in [1.807, 2.05) is 37.4 Å². The number of rotatable bonds is 2. The van der Waals surface area contributed by atoms with Gasteiger partial charge in [0.2, 0.25) is 0 Å². The van der Waals surface area contributed by atoms with Crippen LogP contribution in [0.2, 0.25) is 0 Å². The van der Waals surface area contributed by atoms with E-state index in [4.69, 9.17) is 5.73 Å². The van der Waals surface area contributed by atoms with E-state index in [-0.39, 0.29) is 0 Å². The van der Waals surface area contributed by atoms with Crippen LogP contribution in [-0.4, -0.2) is 12.9 Å². The van der Waals surface area contributed by atoms with Gasteiger partial charge in [-0.25, -0.2) is 0 Å². The lowest BCUT2D eigenvalue weighted by atomic mass is 10.3. The first-order chi connectivity index (χ1) is 5.70. The number of anilines is 1. The van der Waals surface area contributed by atoms with Crippen molar-refractivity contribution in [2.24, 2.45) is 10.8 Å². The monoisotopic (exact) mass is 163 g/mol. The molecule has 0 saturated carbocycles. The second kappa shape index (κ2) is 3.76. The number of para-hydroxylation sites is 1. The highest BCUT2D eigenvalue weighted by molar-refractivity contribution is 5.78. The Morgan fingerprint density at radius 2 is 1.92 bits per heavy atom. The first-order valence-electron chi connectivity index (χ1n) is 3.79. The fraction of sp³-hybridized carbons (Fsp3) is 0.222. The zero-order valence-electron chi connectivity index (χ0n) is 7.36. The van der Waals surface area contributed by atoms with Crippen LogP contribution in [0, 0.1) is 0 Å². The number of hydrogen-bond acceptors (Lipinski definition) is 2. The average molecular weight is 163 g/mol. The van der Waals surface area contributed by atoms with Crippen molar-refractivity contribution in [3.8, 4) is 0 Å². The van der Waals surface area contributed by atoms with E-state index in [0.29, 0.717) is 5.84 Å². The van der Waals surface area contributed by atoms with Crippen molar-refractivity contribution in [3.05, 3.63) is 30.3 Å². The van der Waals surface area contributed by atoms with E-state index < -0.39 is 0 Å². The summed E-state index contributed by atoms with van der Waals surface area (Å²) >= 11 is 0. The average Bonchev–Trinajstić information content (AvgIpc) is 2.05. The molecule has 0 bridgehead atoms. The molecule has 0 aliphatic carbocycles. The number of hydrazone groups is 1. The SMILES string of the molecule is C/C(N)=N/N(C)c1ccccc1. The highest BCUT2D eigenvalue weighted by Gasteiger charge is 1.94. The molecule has 3 nitrogen and oxygen atoms in total. The first-order valence-corrected chi connectivity index (χ1v) is 3.79. The molecule has 0 aliphatic heterocycles. The van der Waals surface area contributed by atoms with E-state index in [1.54, 1.807) is 11.9 Å². The van der Waals surface area contributed by atoms with E-state index >= 15 is 0 Å². The molecule has 2 N–H and O–H groups in total. The van der Waals surface area contributed by atoms with E-state index in [2.05, 4.69) is 5.10 Å². The van der Waals surface area contributed by atoms with Gasteiger partial charge in [-0.05, 0) is 19.1 Å². The van der Waals surface area contributed by atoms with Crippen LogP contribution in [0.5, 0.6) is 0 Å². The highest BCUT2D eigenvalue weighted by Crippen LogP contribution is 2.10. The first kappa shape index (κ1) is 8.59. The van der Waals surface area contributed by atoms with E-state index in [1.165, 1.54) is 0 Å². The smallest absolute Gasteiger partial charge is 0.117 e. The molecule has 1 aromatic carbocycles.